The van der Waals surface area contributed by atoms with Crippen molar-refractivity contribution in [3.05, 3.63) is 29.8 Å². The molecular formula is C15H21NOS. The van der Waals surface area contributed by atoms with Gasteiger partial charge >= 0.3 is 0 Å². The summed E-state index contributed by atoms with van der Waals surface area (Å²) in [6.45, 7) is 3.81. The van der Waals surface area contributed by atoms with E-state index in [1.54, 1.807) is 0 Å². The van der Waals surface area contributed by atoms with Crippen LogP contribution in [-0.2, 0) is 0 Å². The highest BCUT2D eigenvalue weighted by molar-refractivity contribution is 7.99. The fourth-order valence-corrected chi connectivity index (χ4v) is 4.40. The molecule has 1 fully saturated rings. The number of thioether (sulfide) groups is 1. The molecule has 0 spiro atoms. The van der Waals surface area contributed by atoms with Gasteiger partial charge in [-0.25, -0.2) is 0 Å². The molecule has 2 unspecified atom stereocenters. The van der Waals surface area contributed by atoms with Gasteiger partial charge in [0.25, 0.3) is 0 Å². The minimum absolute atomic E-state index is 0.354. The van der Waals surface area contributed by atoms with E-state index in [-0.39, 0.29) is 0 Å². The zero-order valence-corrected chi connectivity index (χ0v) is 11.5. The van der Waals surface area contributed by atoms with E-state index >= 15 is 0 Å². The number of hydrogen-bond donors (Lipinski definition) is 1. The lowest BCUT2D eigenvalue weighted by molar-refractivity contribution is 0.117. The molecule has 1 N–H and O–H groups in total. The maximum atomic E-state index is 9.30. The van der Waals surface area contributed by atoms with Gasteiger partial charge in [-0.05, 0) is 36.9 Å². The monoisotopic (exact) mass is 263 g/mol. The molecule has 98 valence electrons. The van der Waals surface area contributed by atoms with Crippen molar-refractivity contribution in [3.8, 4) is 0 Å². The summed E-state index contributed by atoms with van der Waals surface area (Å²) in [5.41, 5.74) is 1.54. The van der Waals surface area contributed by atoms with Crippen molar-refractivity contribution in [3.63, 3.8) is 0 Å². The molecule has 2 aliphatic heterocycles. The van der Waals surface area contributed by atoms with Crippen LogP contribution in [0.15, 0.2) is 29.2 Å². The van der Waals surface area contributed by atoms with Crippen LogP contribution >= 0.6 is 11.8 Å². The lowest BCUT2D eigenvalue weighted by atomic mass is 9.96. The Balaban J connectivity index is 1.64. The number of benzene rings is 1. The van der Waals surface area contributed by atoms with E-state index < -0.39 is 0 Å². The molecule has 0 aromatic heterocycles. The second kappa shape index (κ2) is 5.64. The Morgan fingerprint density at radius 3 is 3.11 bits per heavy atom. The van der Waals surface area contributed by atoms with Gasteiger partial charge in [0, 0.05) is 36.3 Å². The van der Waals surface area contributed by atoms with Gasteiger partial charge in [0.15, 0.2) is 0 Å². The van der Waals surface area contributed by atoms with Crippen LogP contribution in [-0.4, -0.2) is 42.0 Å². The Morgan fingerprint density at radius 2 is 2.22 bits per heavy atom. The first kappa shape index (κ1) is 12.5. The van der Waals surface area contributed by atoms with Crippen LogP contribution in [0.4, 0.5) is 0 Å². The third kappa shape index (κ3) is 2.58. The zero-order chi connectivity index (χ0) is 12.4. The van der Waals surface area contributed by atoms with E-state index in [1.165, 1.54) is 42.1 Å². The minimum atomic E-state index is 0.354. The number of piperidine rings is 1. The summed E-state index contributed by atoms with van der Waals surface area (Å²) in [7, 11) is 0. The van der Waals surface area contributed by atoms with Gasteiger partial charge in [0.2, 0.25) is 0 Å². The molecule has 0 radical (unpaired) electrons. The number of nitrogens with zero attached hydrogens (tertiary/aromatic N) is 1. The van der Waals surface area contributed by atoms with E-state index in [4.69, 9.17) is 0 Å². The largest absolute Gasteiger partial charge is 0.396 e. The predicted molar refractivity (Wildman–Crippen MR) is 76.2 cm³/mol. The maximum absolute atomic E-state index is 9.30. The molecule has 2 aliphatic rings. The fourth-order valence-electron chi connectivity index (χ4n) is 3.16. The van der Waals surface area contributed by atoms with Gasteiger partial charge < -0.3 is 10.0 Å². The number of rotatable bonds is 3. The van der Waals surface area contributed by atoms with Gasteiger partial charge in [-0.3, -0.25) is 0 Å². The second-order valence-electron chi connectivity index (χ2n) is 5.50. The summed E-state index contributed by atoms with van der Waals surface area (Å²) in [4.78, 5) is 4.02. The van der Waals surface area contributed by atoms with Crippen LogP contribution in [0, 0.1) is 5.92 Å². The molecule has 2 heterocycles. The topological polar surface area (TPSA) is 23.5 Å². The number of aliphatic hydroxyl groups excluding tert-OH is 1. The Bertz CT molecular complexity index is 409. The highest BCUT2D eigenvalue weighted by atomic mass is 32.2. The molecule has 0 bridgehead atoms. The van der Waals surface area contributed by atoms with Crippen LogP contribution in [0.5, 0.6) is 0 Å². The van der Waals surface area contributed by atoms with Gasteiger partial charge in [-0.2, -0.15) is 0 Å². The number of fused-ring (bicyclic) bond motifs is 1. The molecule has 0 aliphatic carbocycles. The Morgan fingerprint density at radius 1 is 1.33 bits per heavy atom. The number of hydrogen-bond acceptors (Lipinski definition) is 3. The highest BCUT2D eigenvalue weighted by Gasteiger charge is 2.27. The van der Waals surface area contributed by atoms with Crippen molar-refractivity contribution in [1.29, 1.82) is 0 Å². The average molecular weight is 263 g/mol. The van der Waals surface area contributed by atoms with Crippen LogP contribution in [0.2, 0.25) is 0 Å². The summed E-state index contributed by atoms with van der Waals surface area (Å²) >= 11 is 2.00. The molecule has 1 aromatic rings. The van der Waals surface area contributed by atoms with Crippen molar-refractivity contribution in [2.24, 2.45) is 5.92 Å². The third-order valence-corrected chi connectivity index (χ3v) is 5.39. The van der Waals surface area contributed by atoms with Crippen molar-refractivity contribution in [2.45, 2.75) is 23.7 Å². The molecule has 1 aromatic carbocycles. The van der Waals surface area contributed by atoms with Gasteiger partial charge in [0.05, 0.1) is 0 Å². The Kier molecular flexibility index (Phi) is 3.92. The molecule has 2 atom stereocenters. The van der Waals surface area contributed by atoms with Crippen LogP contribution < -0.4 is 0 Å². The van der Waals surface area contributed by atoms with Gasteiger partial charge in [0.1, 0.15) is 0 Å². The van der Waals surface area contributed by atoms with Gasteiger partial charge in [-0.1, -0.05) is 18.2 Å². The SMILES string of the molecule is OCC1CCCN(CC2CSc3ccccc32)C1. The van der Waals surface area contributed by atoms with Crippen molar-refractivity contribution < 1.29 is 5.11 Å². The maximum Gasteiger partial charge on any atom is 0.0471 e. The van der Waals surface area contributed by atoms with Crippen LogP contribution in [0.1, 0.15) is 24.3 Å². The minimum Gasteiger partial charge on any atom is -0.396 e. The summed E-state index contributed by atoms with van der Waals surface area (Å²) < 4.78 is 0. The third-order valence-electron chi connectivity index (χ3n) is 4.14. The summed E-state index contributed by atoms with van der Waals surface area (Å²) in [5.74, 6) is 2.41. The standard InChI is InChI=1S/C15H21NOS/c17-10-12-4-3-7-16(8-12)9-13-11-18-15-6-2-1-5-14(13)15/h1-2,5-6,12-13,17H,3-4,7-11H2. The second-order valence-corrected chi connectivity index (χ2v) is 6.56. The average Bonchev–Trinajstić information content (AvgIpc) is 2.83. The van der Waals surface area contributed by atoms with E-state index in [0.717, 1.165) is 6.54 Å². The Labute approximate surface area is 113 Å². The van der Waals surface area contributed by atoms with Crippen LogP contribution in [0.3, 0.4) is 0 Å². The molecule has 18 heavy (non-hydrogen) atoms. The first-order valence-electron chi connectivity index (χ1n) is 6.91. The molecule has 0 amide bonds. The molecule has 1 saturated heterocycles. The van der Waals surface area contributed by atoms with Gasteiger partial charge in [-0.15, -0.1) is 11.8 Å². The van der Waals surface area contributed by atoms with Crippen molar-refractivity contribution >= 4 is 11.8 Å². The molecule has 2 nitrogen and oxygen atoms in total. The summed E-state index contributed by atoms with van der Waals surface area (Å²) in [6.07, 6.45) is 2.44. The smallest absolute Gasteiger partial charge is 0.0471 e. The fraction of sp³-hybridized carbons (Fsp3) is 0.600. The Hall–Kier alpha value is -0.510. The first-order chi connectivity index (χ1) is 8.86. The molecule has 3 rings (SSSR count). The number of likely N-dealkylation sites (tertiary alicyclic amines) is 1. The molecule has 3 heteroatoms. The lowest BCUT2D eigenvalue weighted by Gasteiger charge is -2.33. The molecule has 0 saturated carbocycles. The zero-order valence-electron chi connectivity index (χ0n) is 10.7. The van der Waals surface area contributed by atoms with E-state index in [2.05, 4.69) is 29.2 Å². The summed E-state index contributed by atoms with van der Waals surface area (Å²) in [5, 5.41) is 9.30. The highest BCUT2D eigenvalue weighted by Crippen LogP contribution is 2.39. The van der Waals surface area contributed by atoms with Crippen molar-refractivity contribution in [2.75, 3.05) is 32.0 Å². The number of aliphatic hydroxyl groups is 1. The quantitative estimate of drug-likeness (QED) is 0.906. The van der Waals surface area contributed by atoms with E-state index in [9.17, 15) is 5.11 Å². The summed E-state index contributed by atoms with van der Waals surface area (Å²) in [6, 6.07) is 8.82. The van der Waals surface area contributed by atoms with Crippen molar-refractivity contribution in [1.82, 2.24) is 4.90 Å². The first-order valence-corrected chi connectivity index (χ1v) is 7.90. The van der Waals surface area contributed by atoms with E-state index in [1.807, 2.05) is 11.8 Å². The van der Waals surface area contributed by atoms with E-state index in [0.29, 0.717) is 18.4 Å². The lowest BCUT2D eigenvalue weighted by Crippen LogP contribution is -2.39. The normalized spacial score (nSPS) is 28.3. The predicted octanol–water partition coefficient (Wildman–Crippen LogP) is 2.58. The molecular weight excluding hydrogens is 242 g/mol. The van der Waals surface area contributed by atoms with Crippen LogP contribution in [0.25, 0.3) is 0 Å².